The second-order valence-corrected chi connectivity index (χ2v) is 9.26. The van der Waals surface area contributed by atoms with Crippen molar-refractivity contribution in [1.82, 2.24) is 0 Å². The zero-order valence-corrected chi connectivity index (χ0v) is 19.2. The summed E-state index contributed by atoms with van der Waals surface area (Å²) in [6.07, 6.45) is 14.5. The standard InChI is InChI=1S/C27H42O3/c1-4-7-8-10-22-19-29-27(30-20-22)24-15-16-26(28-17-6-3)25(18-24)23-13-11-21(9-5-2)12-14-23/h6,15-16,18,21-23,27H,3-5,7-14,17,19-20H2,1-2H3. The topological polar surface area (TPSA) is 27.7 Å². The lowest BCUT2D eigenvalue weighted by Gasteiger charge is -2.32. The normalized spacial score (nSPS) is 27.0. The maximum atomic E-state index is 6.14. The van der Waals surface area contributed by atoms with Crippen LogP contribution in [0.5, 0.6) is 5.75 Å². The Hall–Kier alpha value is -1.32. The van der Waals surface area contributed by atoms with Crippen LogP contribution in [0.1, 0.15) is 101 Å². The minimum absolute atomic E-state index is 0.240. The first-order valence-electron chi connectivity index (χ1n) is 12.4. The molecule has 168 valence electrons. The molecule has 2 aliphatic rings. The largest absolute Gasteiger partial charge is 0.489 e. The van der Waals surface area contributed by atoms with Gasteiger partial charge in [-0.2, -0.15) is 0 Å². The number of ether oxygens (including phenoxy) is 3. The summed E-state index contributed by atoms with van der Waals surface area (Å²) < 4.78 is 18.3. The van der Waals surface area contributed by atoms with Gasteiger partial charge in [0.25, 0.3) is 0 Å². The van der Waals surface area contributed by atoms with Gasteiger partial charge in [-0.1, -0.05) is 64.7 Å². The molecule has 1 aromatic carbocycles. The second kappa shape index (κ2) is 12.5. The van der Waals surface area contributed by atoms with Gasteiger partial charge in [-0.15, -0.1) is 0 Å². The molecule has 1 heterocycles. The van der Waals surface area contributed by atoms with E-state index in [0.29, 0.717) is 18.4 Å². The van der Waals surface area contributed by atoms with Crippen molar-refractivity contribution in [2.45, 2.75) is 90.3 Å². The maximum Gasteiger partial charge on any atom is 0.183 e. The fraction of sp³-hybridized carbons (Fsp3) is 0.704. The highest BCUT2D eigenvalue weighted by atomic mass is 16.7. The Bertz CT molecular complexity index is 625. The summed E-state index contributed by atoms with van der Waals surface area (Å²) in [5.74, 6) is 3.02. The fourth-order valence-electron chi connectivity index (χ4n) is 5.07. The van der Waals surface area contributed by atoms with Gasteiger partial charge in [0, 0.05) is 11.5 Å². The van der Waals surface area contributed by atoms with E-state index in [0.717, 1.165) is 30.4 Å². The summed E-state index contributed by atoms with van der Waals surface area (Å²) >= 11 is 0. The molecule has 30 heavy (non-hydrogen) atoms. The number of unbranched alkanes of at least 4 members (excludes halogenated alkanes) is 2. The Morgan fingerprint density at radius 3 is 2.40 bits per heavy atom. The monoisotopic (exact) mass is 414 g/mol. The van der Waals surface area contributed by atoms with Gasteiger partial charge < -0.3 is 14.2 Å². The predicted molar refractivity (Wildman–Crippen MR) is 124 cm³/mol. The lowest BCUT2D eigenvalue weighted by molar-refractivity contribution is -0.206. The number of benzene rings is 1. The van der Waals surface area contributed by atoms with Crippen LogP contribution in [-0.4, -0.2) is 19.8 Å². The van der Waals surface area contributed by atoms with Gasteiger partial charge in [0.1, 0.15) is 12.4 Å². The summed E-state index contributed by atoms with van der Waals surface area (Å²) in [5.41, 5.74) is 2.47. The quantitative estimate of drug-likeness (QED) is 0.276. The molecule has 0 N–H and O–H groups in total. The molecule has 1 aromatic rings. The molecule has 3 heteroatoms. The highest BCUT2D eigenvalue weighted by molar-refractivity contribution is 5.40. The molecular weight excluding hydrogens is 372 g/mol. The number of hydrogen-bond acceptors (Lipinski definition) is 3. The van der Waals surface area contributed by atoms with Crippen molar-refractivity contribution in [3.05, 3.63) is 42.0 Å². The van der Waals surface area contributed by atoms with Crippen LogP contribution < -0.4 is 4.74 Å². The Labute approximate surface area is 184 Å². The molecule has 0 radical (unpaired) electrons. The Kier molecular flexibility index (Phi) is 9.74. The molecule has 3 nitrogen and oxygen atoms in total. The van der Waals surface area contributed by atoms with E-state index in [1.807, 2.05) is 6.08 Å². The Morgan fingerprint density at radius 1 is 0.967 bits per heavy atom. The molecule has 1 saturated heterocycles. The minimum Gasteiger partial charge on any atom is -0.489 e. The SMILES string of the molecule is C=CCOc1ccc(C2OCC(CCCCC)CO2)cc1C1CCC(CCC)CC1. The van der Waals surface area contributed by atoms with E-state index in [1.54, 1.807) is 0 Å². The van der Waals surface area contributed by atoms with E-state index in [-0.39, 0.29) is 6.29 Å². The average molecular weight is 415 g/mol. The van der Waals surface area contributed by atoms with Crippen LogP contribution in [0.25, 0.3) is 0 Å². The molecule has 2 fully saturated rings. The van der Waals surface area contributed by atoms with Gasteiger partial charge in [-0.3, -0.25) is 0 Å². The van der Waals surface area contributed by atoms with Gasteiger partial charge in [0.05, 0.1) is 13.2 Å². The van der Waals surface area contributed by atoms with E-state index in [1.165, 1.54) is 69.8 Å². The predicted octanol–water partition coefficient (Wildman–Crippen LogP) is 7.57. The van der Waals surface area contributed by atoms with Gasteiger partial charge in [-0.05, 0) is 61.6 Å². The van der Waals surface area contributed by atoms with Crippen LogP contribution in [-0.2, 0) is 9.47 Å². The van der Waals surface area contributed by atoms with E-state index in [9.17, 15) is 0 Å². The van der Waals surface area contributed by atoms with Gasteiger partial charge in [0.15, 0.2) is 6.29 Å². The van der Waals surface area contributed by atoms with E-state index in [2.05, 4.69) is 38.6 Å². The van der Waals surface area contributed by atoms with Crippen molar-refractivity contribution in [2.24, 2.45) is 11.8 Å². The molecule has 0 spiro atoms. The van der Waals surface area contributed by atoms with Crippen LogP contribution in [0, 0.1) is 11.8 Å². The highest BCUT2D eigenvalue weighted by Gasteiger charge is 2.27. The molecule has 3 rings (SSSR count). The van der Waals surface area contributed by atoms with Crippen molar-refractivity contribution in [3.8, 4) is 5.75 Å². The van der Waals surface area contributed by atoms with Gasteiger partial charge in [-0.25, -0.2) is 0 Å². The average Bonchev–Trinajstić information content (AvgIpc) is 2.79. The summed E-state index contributed by atoms with van der Waals surface area (Å²) in [6.45, 7) is 10.5. The molecule has 0 aromatic heterocycles. The van der Waals surface area contributed by atoms with E-state index in [4.69, 9.17) is 14.2 Å². The molecule has 1 aliphatic heterocycles. The smallest absolute Gasteiger partial charge is 0.183 e. The van der Waals surface area contributed by atoms with E-state index >= 15 is 0 Å². The lowest BCUT2D eigenvalue weighted by atomic mass is 9.77. The van der Waals surface area contributed by atoms with Crippen molar-refractivity contribution in [3.63, 3.8) is 0 Å². The lowest BCUT2D eigenvalue weighted by Crippen LogP contribution is -2.27. The summed E-state index contributed by atoms with van der Waals surface area (Å²) in [4.78, 5) is 0. The first-order chi connectivity index (χ1) is 14.7. The highest BCUT2D eigenvalue weighted by Crippen LogP contribution is 2.42. The molecule has 1 aliphatic carbocycles. The molecule has 1 saturated carbocycles. The van der Waals surface area contributed by atoms with Gasteiger partial charge >= 0.3 is 0 Å². The first-order valence-corrected chi connectivity index (χ1v) is 12.4. The number of hydrogen-bond donors (Lipinski definition) is 0. The fourth-order valence-corrected chi connectivity index (χ4v) is 5.07. The third kappa shape index (κ3) is 6.59. The molecule has 0 unspecified atom stereocenters. The molecule has 0 amide bonds. The van der Waals surface area contributed by atoms with Crippen molar-refractivity contribution in [2.75, 3.05) is 19.8 Å². The first kappa shape index (κ1) is 23.3. The van der Waals surface area contributed by atoms with Crippen LogP contribution >= 0.6 is 0 Å². The zero-order valence-electron chi connectivity index (χ0n) is 19.2. The van der Waals surface area contributed by atoms with Crippen molar-refractivity contribution < 1.29 is 14.2 Å². The molecule has 0 atom stereocenters. The summed E-state index contributed by atoms with van der Waals surface area (Å²) in [5, 5.41) is 0. The molecule has 0 bridgehead atoms. The summed E-state index contributed by atoms with van der Waals surface area (Å²) in [7, 11) is 0. The van der Waals surface area contributed by atoms with Crippen LogP contribution in [0.3, 0.4) is 0 Å². The van der Waals surface area contributed by atoms with Crippen LogP contribution in [0.4, 0.5) is 0 Å². The van der Waals surface area contributed by atoms with Gasteiger partial charge in [0.2, 0.25) is 0 Å². The third-order valence-electron chi connectivity index (χ3n) is 6.83. The van der Waals surface area contributed by atoms with Crippen LogP contribution in [0.15, 0.2) is 30.9 Å². The number of rotatable bonds is 11. The van der Waals surface area contributed by atoms with Crippen molar-refractivity contribution in [1.29, 1.82) is 0 Å². The third-order valence-corrected chi connectivity index (χ3v) is 6.83. The van der Waals surface area contributed by atoms with Crippen LogP contribution in [0.2, 0.25) is 0 Å². The zero-order chi connectivity index (χ0) is 21.2. The Morgan fingerprint density at radius 2 is 1.73 bits per heavy atom. The minimum atomic E-state index is -0.240. The van der Waals surface area contributed by atoms with Crippen molar-refractivity contribution >= 4 is 0 Å². The Balaban J connectivity index is 1.65. The van der Waals surface area contributed by atoms with E-state index < -0.39 is 0 Å². The molecular formula is C27H42O3. The second-order valence-electron chi connectivity index (χ2n) is 9.26. The maximum absolute atomic E-state index is 6.14. The summed E-state index contributed by atoms with van der Waals surface area (Å²) in [6, 6.07) is 6.53.